The van der Waals surface area contributed by atoms with E-state index in [9.17, 15) is 10.2 Å². The fraction of sp³-hybridized carbons (Fsp3) is 0.574. The SMILES string of the molecule is CC[C@@]12CCCN(CC[C@@]3(Cc4cc(OC)c(O)c(OC)c4)c4c(O)ccc(C5C[C@@]6(CC)CCCN7CCc8c(n5c5ccccc85)[C@H]76)c4N[C@@H]3CC1)C2. The summed E-state index contributed by atoms with van der Waals surface area (Å²) < 4.78 is 14.2. The Balaban J connectivity index is 1.18. The summed E-state index contributed by atoms with van der Waals surface area (Å²) in [6.07, 6.45) is 13.5. The standard InChI is InChI=1S/C47H60N4O4/c1-5-45-17-9-21-49(29-45)24-20-47(27-30-25-37(54-3)43(53)38(26-30)55-4)39(15-19-45)48-41-33(13-14-36(52)40(41)47)35-28-46(6-2)18-10-22-50-23-16-32-31-11-7-8-12-34(31)51(35)42(32)44(46)50/h7-8,11-14,25-26,35,39,44,48,52-53H,5-6,9-10,15-24,27-29H2,1-4H3/t35?,39-,44+,45-,46-,47+/m1/s1. The lowest BCUT2D eigenvalue weighted by molar-refractivity contribution is -0.0312. The first kappa shape index (κ1) is 35.5. The normalized spacial score (nSPS) is 32.4. The van der Waals surface area contributed by atoms with Crippen LogP contribution in [0.3, 0.4) is 0 Å². The van der Waals surface area contributed by atoms with Crippen molar-refractivity contribution in [2.75, 3.05) is 52.3 Å². The maximum absolute atomic E-state index is 12.3. The van der Waals surface area contributed by atoms with E-state index in [0.29, 0.717) is 35.1 Å². The second kappa shape index (κ2) is 13.1. The lowest BCUT2D eigenvalue weighted by Gasteiger charge is -2.57. The molecule has 6 aliphatic heterocycles. The number of aromatic nitrogens is 1. The number of para-hydroxylation sites is 1. The van der Waals surface area contributed by atoms with Crippen LogP contribution in [0.1, 0.15) is 118 Å². The summed E-state index contributed by atoms with van der Waals surface area (Å²) in [7, 11) is 3.21. The number of rotatable bonds is 7. The average Bonchev–Trinajstić information content (AvgIpc) is 3.73. The van der Waals surface area contributed by atoms with Gasteiger partial charge in [0.2, 0.25) is 5.75 Å². The highest BCUT2D eigenvalue weighted by molar-refractivity contribution is 5.87. The van der Waals surface area contributed by atoms with Crippen molar-refractivity contribution in [2.24, 2.45) is 10.8 Å². The zero-order valence-corrected chi connectivity index (χ0v) is 33.4. The van der Waals surface area contributed by atoms with Crippen molar-refractivity contribution in [1.29, 1.82) is 0 Å². The molecule has 10 rings (SSSR count). The van der Waals surface area contributed by atoms with Crippen molar-refractivity contribution in [3.63, 3.8) is 0 Å². The summed E-state index contributed by atoms with van der Waals surface area (Å²) in [6.45, 7) is 10.5. The fourth-order valence-electron chi connectivity index (χ4n) is 13.3. The Morgan fingerprint density at radius 3 is 2.45 bits per heavy atom. The van der Waals surface area contributed by atoms with E-state index in [1.807, 2.05) is 18.2 Å². The second-order valence-corrected chi connectivity index (χ2v) is 18.3. The molecule has 55 heavy (non-hydrogen) atoms. The molecule has 292 valence electrons. The molecule has 0 amide bonds. The van der Waals surface area contributed by atoms with Crippen LogP contribution in [0.2, 0.25) is 0 Å². The minimum absolute atomic E-state index is 0.0289. The molecule has 3 saturated heterocycles. The smallest absolute Gasteiger partial charge is 0.200 e. The third kappa shape index (κ3) is 5.15. The third-order valence-electron chi connectivity index (χ3n) is 16.1. The number of nitrogens with zero attached hydrogens (tertiary/aromatic N) is 3. The molecular formula is C47H60N4O4. The topological polar surface area (TPSA) is 82.4 Å². The molecule has 0 radical (unpaired) electrons. The highest BCUT2D eigenvalue weighted by atomic mass is 16.5. The lowest BCUT2D eigenvalue weighted by Crippen LogP contribution is -2.53. The number of aromatic hydroxyl groups is 2. The van der Waals surface area contributed by atoms with Gasteiger partial charge in [-0.3, -0.25) is 4.90 Å². The van der Waals surface area contributed by atoms with Crippen molar-refractivity contribution >= 4 is 16.6 Å². The van der Waals surface area contributed by atoms with E-state index in [1.165, 1.54) is 73.6 Å². The molecule has 0 aliphatic carbocycles. The minimum Gasteiger partial charge on any atom is -0.508 e. The molecule has 4 aromatic rings. The minimum atomic E-state index is -0.381. The van der Waals surface area contributed by atoms with Gasteiger partial charge in [-0.2, -0.15) is 0 Å². The first-order chi connectivity index (χ1) is 26.8. The molecule has 7 atom stereocenters. The monoisotopic (exact) mass is 744 g/mol. The van der Waals surface area contributed by atoms with Crippen LogP contribution >= 0.6 is 0 Å². The largest absolute Gasteiger partial charge is 0.508 e. The van der Waals surface area contributed by atoms with Gasteiger partial charge in [-0.15, -0.1) is 0 Å². The highest BCUT2D eigenvalue weighted by Crippen LogP contribution is 2.63. The molecule has 3 fully saturated rings. The van der Waals surface area contributed by atoms with Crippen molar-refractivity contribution in [1.82, 2.24) is 14.4 Å². The average molecular weight is 745 g/mol. The molecule has 8 heteroatoms. The maximum Gasteiger partial charge on any atom is 0.200 e. The Morgan fingerprint density at radius 2 is 1.67 bits per heavy atom. The number of hydrogen-bond donors (Lipinski definition) is 3. The number of ether oxygens (including phenoxy) is 2. The van der Waals surface area contributed by atoms with Crippen LogP contribution in [-0.2, 0) is 18.3 Å². The van der Waals surface area contributed by atoms with Gasteiger partial charge in [0.15, 0.2) is 11.5 Å². The Hall–Kier alpha value is -3.88. The van der Waals surface area contributed by atoms with Gasteiger partial charge in [0.25, 0.3) is 0 Å². The summed E-state index contributed by atoms with van der Waals surface area (Å²) in [4.78, 5) is 5.56. The number of anilines is 1. The van der Waals surface area contributed by atoms with E-state index in [4.69, 9.17) is 9.47 Å². The molecular weight excluding hydrogens is 685 g/mol. The third-order valence-corrected chi connectivity index (χ3v) is 16.1. The van der Waals surface area contributed by atoms with Gasteiger partial charge in [-0.1, -0.05) is 38.1 Å². The molecule has 2 bridgehead atoms. The first-order valence-electron chi connectivity index (χ1n) is 21.4. The first-order valence-corrected chi connectivity index (χ1v) is 21.4. The zero-order chi connectivity index (χ0) is 37.7. The van der Waals surface area contributed by atoms with E-state index < -0.39 is 0 Å². The van der Waals surface area contributed by atoms with Crippen LogP contribution in [-0.4, -0.2) is 77.6 Å². The Labute approximate surface area is 326 Å². The van der Waals surface area contributed by atoms with Crippen LogP contribution in [0, 0.1) is 10.8 Å². The number of nitrogens with one attached hydrogen (secondary N) is 1. The molecule has 1 aromatic heterocycles. The molecule has 3 N–H and O–H groups in total. The van der Waals surface area contributed by atoms with Crippen LogP contribution in [0.5, 0.6) is 23.0 Å². The predicted molar refractivity (Wildman–Crippen MR) is 219 cm³/mol. The highest BCUT2D eigenvalue weighted by Gasteiger charge is 2.56. The van der Waals surface area contributed by atoms with E-state index in [0.717, 1.165) is 63.0 Å². The van der Waals surface area contributed by atoms with Crippen molar-refractivity contribution in [3.05, 3.63) is 76.5 Å². The Morgan fingerprint density at radius 1 is 0.873 bits per heavy atom. The number of phenolic OH excluding ortho intramolecular Hbond substituents is 2. The Bertz CT molecular complexity index is 2120. The summed E-state index contributed by atoms with van der Waals surface area (Å²) in [5.41, 5.74) is 9.29. The number of fused-ring (bicyclic) bond motifs is 8. The number of methoxy groups -OCH3 is 2. The molecule has 2 unspecified atom stereocenters. The van der Waals surface area contributed by atoms with Gasteiger partial charge < -0.3 is 34.5 Å². The van der Waals surface area contributed by atoms with Gasteiger partial charge in [-0.25, -0.2) is 0 Å². The van der Waals surface area contributed by atoms with Gasteiger partial charge in [0, 0.05) is 52.4 Å². The number of piperidine rings is 2. The molecule has 6 aliphatic rings. The van der Waals surface area contributed by atoms with E-state index >= 15 is 0 Å². The summed E-state index contributed by atoms with van der Waals surface area (Å²) in [6, 6.07) is 18.2. The second-order valence-electron chi connectivity index (χ2n) is 18.3. The van der Waals surface area contributed by atoms with Crippen LogP contribution in [0.15, 0.2) is 48.5 Å². The maximum atomic E-state index is 12.3. The Kier molecular flexibility index (Phi) is 8.45. The van der Waals surface area contributed by atoms with Gasteiger partial charge in [-0.05, 0) is 148 Å². The number of hydrogen-bond acceptors (Lipinski definition) is 7. The van der Waals surface area contributed by atoms with Crippen molar-refractivity contribution < 1.29 is 19.7 Å². The summed E-state index contributed by atoms with van der Waals surface area (Å²) >= 11 is 0. The van der Waals surface area contributed by atoms with Crippen molar-refractivity contribution in [3.8, 4) is 23.0 Å². The molecule has 8 nitrogen and oxygen atoms in total. The fourth-order valence-corrected chi connectivity index (χ4v) is 13.3. The van der Waals surface area contributed by atoms with Gasteiger partial charge in [0.05, 0.1) is 26.3 Å². The van der Waals surface area contributed by atoms with Crippen LogP contribution in [0.25, 0.3) is 10.9 Å². The number of phenols is 2. The van der Waals surface area contributed by atoms with E-state index in [-0.39, 0.29) is 28.7 Å². The number of benzene rings is 3. The van der Waals surface area contributed by atoms with E-state index in [1.54, 1.807) is 25.5 Å². The van der Waals surface area contributed by atoms with Gasteiger partial charge in [0.1, 0.15) is 5.75 Å². The summed E-state index contributed by atoms with van der Waals surface area (Å²) in [5.74, 6) is 1.27. The van der Waals surface area contributed by atoms with Crippen LogP contribution in [0.4, 0.5) is 5.69 Å². The summed E-state index contributed by atoms with van der Waals surface area (Å²) in [5, 5.41) is 29.0. The molecule has 0 saturated carbocycles. The lowest BCUT2D eigenvalue weighted by atomic mass is 9.62. The van der Waals surface area contributed by atoms with E-state index in [2.05, 4.69) is 63.9 Å². The predicted octanol–water partition coefficient (Wildman–Crippen LogP) is 9.10. The quantitative estimate of drug-likeness (QED) is 0.174. The zero-order valence-electron chi connectivity index (χ0n) is 33.4. The van der Waals surface area contributed by atoms with Crippen LogP contribution < -0.4 is 14.8 Å². The molecule has 0 spiro atoms. The van der Waals surface area contributed by atoms with Crippen molar-refractivity contribution in [2.45, 2.75) is 114 Å². The molecule has 3 aromatic carbocycles. The van der Waals surface area contributed by atoms with Gasteiger partial charge >= 0.3 is 0 Å². The molecule has 7 heterocycles.